The van der Waals surface area contributed by atoms with E-state index in [1.807, 2.05) is 24.3 Å². The Morgan fingerprint density at radius 2 is 1.59 bits per heavy atom. The molecule has 4 heteroatoms. The van der Waals surface area contributed by atoms with Gasteiger partial charge in [0.05, 0.1) is 13.7 Å². The molecule has 0 amide bonds. The summed E-state index contributed by atoms with van der Waals surface area (Å²) in [7, 11) is 3.88. The predicted molar refractivity (Wildman–Crippen MR) is 116 cm³/mol. The van der Waals surface area contributed by atoms with Gasteiger partial charge < -0.3 is 14.7 Å². The fourth-order valence-electron chi connectivity index (χ4n) is 4.72. The summed E-state index contributed by atoms with van der Waals surface area (Å²) in [5.41, 5.74) is 3.30. The first-order valence-electron chi connectivity index (χ1n) is 10.5. The third-order valence-corrected chi connectivity index (χ3v) is 6.31. The van der Waals surface area contributed by atoms with Crippen LogP contribution >= 0.6 is 0 Å². The van der Waals surface area contributed by atoms with Crippen molar-refractivity contribution < 1.29 is 9.84 Å². The zero-order chi connectivity index (χ0) is 20.2. The van der Waals surface area contributed by atoms with Crippen molar-refractivity contribution in [1.82, 2.24) is 9.80 Å². The summed E-state index contributed by atoms with van der Waals surface area (Å²) in [5, 5.41) is 10.0. The summed E-state index contributed by atoms with van der Waals surface area (Å²) < 4.78 is 5.19. The number of benzene rings is 2. The van der Waals surface area contributed by atoms with Crippen LogP contribution < -0.4 is 4.74 Å². The topological polar surface area (TPSA) is 35.9 Å². The Bertz CT molecular complexity index is 866. The number of ether oxygens (including phenoxy) is 1. The van der Waals surface area contributed by atoms with Gasteiger partial charge in [-0.25, -0.2) is 0 Å². The number of likely N-dealkylation sites (N-methyl/N-ethyl adjacent to an activating group) is 1. The largest absolute Gasteiger partial charge is 0.497 e. The molecule has 0 saturated carbocycles. The summed E-state index contributed by atoms with van der Waals surface area (Å²) in [6.07, 6.45) is 2.45. The maximum atomic E-state index is 10.0. The number of nitrogens with zero attached hydrogens (tertiary/aromatic N) is 2. The Hall–Kier alpha value is -2.32. The summed E-state index contributed by atoms with van der Waals surface area (Å²) in [6.45, 7) is 3.57. The second kappa shape index (κ2) is 9.00. The minimum absolute atomic E-state index is 0.226. The van der Waals surface area contributed by atoms with Gasteiger partial charge in [0.25, 0.3) is 0 Å². The highest BCUT2D eigenvalue weighted by atomic mass is 16.5. The third kappa shape index (κ3) is 4.33. The molecule has 2 heterocycles. The second-order valence-corrected chi connectivity index (χ2v) is 8.15. The van der Waals surface area contributed by atoms with E-state index in [1.165, 1.54) is 24.9 Å². The summed E-state index contributed by atoms with van der Waals surface area (Å²) in [6, 6.07) is 17.1. The van der Waals surface area contributed by atoms with E-state index < -0.39 is 0 Å². The van der Waals surface area contributed by atoms with Crippen molar-refractivity contribution in [2.24, 2.45) is 0 Å². The first-order chi connectivity index (χ1) is 14.2. The van der Waals surface area contributed by atoms with Crippen molar-refractivity contribution in [2.45, 2.75) is 30.8 Å². The van der Waals surface area contributed by atoms with E-state index in [0.29, 0.717) is 12.0 Å². The van der Waals surface area contributed by atoms with Crippen LogP contribution in [0.4, 0.5) is 0 Å². The minimum Gasteiger partial charge on any atom is -0.497 e. The van der Waals surface area contributed by atoms with Crippen LogP contribution in [0, 0.1) is 11.8 Å². The average Bonchev–Trinajstić information content (AvgIpc) is 2.74. The number of aliphatic hydroxyl groups is 1. The Morgan fingerprint density at radius 3 is 2.21 bits per heavy atom. The molecule has 0 radical (unpaired) electrons. The molecule has 1 N–H and O–H groups in total. The van der Waals surface area contributed by atoms with Gasteiger partial charge in [-0.05, 0) is 74.9 Å². The standard InChI is InChI=1S/C25H30N2O2/c1-26-15-3-4-16-27-23(17-26)25(24(27)18-28)21-11-7-19(8-12-21)5-6-20-9-13-22(29-2)14-10-20/h7-14,23-25,28H,3-4,15-18H2,1-2H3/t23-,24-,25+/m0/s1. The summed E-state index contributed by atoms with van der Waals surface area (Å²) in [4.78, 5) is 4.95. The van der Waals surface area contributed by atoms with Gasteiger partial charge in [0.15, 0.2) is 0 Å². The molecule has 0 unspecified atom stereocenters. The van der Waals surface area contributed by atoms with Crippen LogP contribution in [-0.2, 0) is 0 Å². The highest BCUT2D eigenvalue weighted by Crippen LogP contribution is 2.41. The molecular weight excluding hydrogens is 360 g/mol. The van der Waals surface area contributed by atoms with Crippen LogP contribution in [0.3, 0.4) is 0 Å². The lowest BCUT2D eigenvalue weighted by Crippen LogP contribution is -2.67. The van der Waals surface area contributed by atoms with Crippen molar-refractivity contribution in [3.8, 4) is 17.6 Å². The quantitative estimate of drug-likeness (QED) is 0.818. The van der Waals surface area contributed by atoms with Crippen LogP contribution in [-0.4, -0.2) is 67.4 Å². The molecule has 0 bridgehead atoms. The van der Waals surface area contributed by atoms with Crippen molar-refractivity contribution in [2.75, 3.05) is 40.4 Å². The normalized spacial score (nSPS) is 25.0. The highest BCUT2D eigenvalue weighted by Gasteiger charge is 2.48. The Labute approximate surface area is 174 Å². The van der Waals surface area contributed by atoms with Gasteiger partial charge >= 0.3 is 0 Å². The first-order valence-corrected chi connectivity index (χ1v) is 10.5. The number of hydrogen-bond acceptors (Lipinski definition) is 4. The van der Waals surface area contributed by atoms with Crippen LogP contribution in [0.15, 0.2) is 48.5 Å². The van der Waals surface area contributed by atoms with Gasteiger partial charge in [0.2, 0.25) is 0 Å². The molecule has 2 fully saturated rings. The van der Waals surface area contributed by atoms with Crippen LogP contribution in [0.1, 0.15) is 35.4 Å². The van der Waals surface area contributed by atoms with Crippen molar-refractivity contribution in [3.05, 3.63) is 65.2 Å². The lowest BCUT2D eigenvalue weighted by atomic mass is 9.74. The third-order valence-electron chi connectivity index (χ3n) is 6.31. The van der Waals surface area contributed by atoms with E-state index in [9.17, 15) is 5.11 Å². The molecule has 29 heavy (non-hydrogen) atoms. The molecule has 4 rings (SSSR count). The van der Waals surface area contributed by atoms with E-state index in [4.69, 9.17) is 4.74 Å². The van der Waals surface area contributed by atoms with Crippen LogP contribution in [0.25, 0.3) is 0 Å². The highest BCUT2D eigenvalue weighted by molar-refractivity contribution is 5.45. The number of aliphatic hydroxyl groups excluding tert-OH is 1. The minimum atomic E-state index is 0.226. The molecule has 2 saturated heterocycles. The summed E-state index contributed by atoms with van der Waals surface area (Å²) >= 11 is 0. The molecular formula is C25H30N2O2. The molecule has 2 aliphatic heterocycles. The maximum Gasteiger partial charge on any atom is 0.118 e. The summed E-state index contributed by atoms with van der Waals surface area (Å²) in [5.74, 6) is 7.70. The first kappa shape index (κ1) is 20.0. The van der Waals surface area contributed by atoms with Gasteiger partial charge in [0.1, 0.15) is 5.75 Å². The fourth-order valence-corrected chi connectivity index (χ4v) is 4.72. The van der Waals surface area contributed by atoms with E-state index in [1.54, 1.807) is 7.11 Å². The maximum absolute atomic E-state index is 10.0. The van der Waals surface area contributed by atoms with Gasteiger partial charge in [0, 0.05) is 35.7 Å². The number of methoxy groups -OCH3 is 1. The van der Waals surface area contributed by atoms with Gasteiger partial charge in [-0.1, -0.05) is 24.0 Å². The molecule has 2 aromatic rings. The Morgan fingerprint density at radius 1 is 0.966 bits per heavy atom. The smallest absolute Gasteiger partial charge is 0.118 e. The van der Waals surface area contributed by atoms with Gasteiger partial charge in [-0.2, -0.15) is 0 Å². The molecule has 0 aliphatic carbocycles. The van der Waals surface area contributed by atoms with Crippen molar-refractivity contribution in [3.63, 3.8) is 0 Å². The number of fused-ring (bicyclic) bond motifs is 1. The Balaban J connectivity index is 1.48. The second-order valence-electron chi connectivity index (χ2n) is 8.15. The lowest BCUT2D eigenvalue weighted by molar-refractivity contribution is -0.0614. The molecule has 2 aromatic carbocycles. The van der Waals surface area contributed by atoms with Gasteiger partial charge in [-0.15, -0.1) is 0 Å². The predicted octanol–water partition coefficient (Wildman–Crippen LogP) is 2.95. The van der Waals surface area contributed by atoms with Crippen molar-refractivity contribution in [1.29, 1.82) is 0 Å². The molecule has 0 spiro atoms. The number of rotatable bonds is 3. The monoisotopic (exact) mass is 390 g/mol. The lowest BCUT2D eigenvalue weighted by Gasteiger charge is -2.57. The van der Waals surface area contributed by atoms with Crippen molar-refractivity contribution >= 4 is 0 Å². The van der Waals surface area contributed by atoms with E-state index in [-0.39, 0.29) is 12.6 Å². The Kier molecular flexibility index (Phi) is 6.20. The van der Waals surface area contributed by atoms with E-state index in [0.717, 1.165) is 30.0 Å². The van der Waals surface area contributed by atoms with Gasteiger partial charge in [-0.3, -0.25) is 4.90 Å². The SMILES string of the molecule is COc1ccc(C#Cc2ccc([C@H]3[C@H](CO)N4CCCCN(C)C[C@@H]34)cc2)cc1. The van der Waals surface area contributed by atoms with Crippen LogP contribution in [0.5, 0.6) is 5.75 Å². The zero-order valence-corrected chi connectivity index (χ0v) is 17.3. The fraction of sp³-hybridized carbons (Fsp3) is 0.440. The molecule has 2 aliphatic rings. The number of hydrogen-bond donors (Lipinski definition) is 1. The average molecular weight is 391 g/mol. The van der Waals surface area contributed by atoms with E-state index >= 15 is 0 Å². The molecule has 4 nitrogen and oxygen atoms in total. The molecule has 152 valence electrons. The van der Waals surface area contributed by atoms with Crippen LogP contribution in [0.2, 0.25) is 0 Å². The molecule has 3 atom stereocenters. The molecule has 0 aromatic heterocycles. The zero-order valence-electron chi connectivity index (χ0n) is 17.3. The van der Waals surface area contributed by atoms with E-state index in [2.05, 4.69) is 53.0 Å².